The van der Waals surface area contributed by atoms with Gasteiger partial charge in [-0.1, -0.05) is 18.2 Å². The normalized spacial score (nSPS) is 25.8. The Bertz CT molecular complexity index is 711. The fraction of sp³-hybridized carbons (Fsp3) is 0.526. The van der Waals surface area contributed by atoms with Crippen LogP contribution in [0.4, 0.5) is 0 Å². The Hall–Kier alpha value is -1.85. The topological polar surface area (TPSA) is 65.6 Å². The Balaban J connectivity index is 1.46. The number of hydrogen-bond donors (Lipinski definition) is 2. The molecule has 2 atom stereocenters. The lowest BCUT2D eigenvalue weighted by atomic mass is 9.58. The van der Waals surface area contributed by atoms with Gasteiger partial charge in [0, 0.05) is 42.4 Å². The molecule has 24 heavy (non-hydrogen) atoms. The highest BCUT2D eigenvalue weighted by Crippen LogP contribution is 2.51. The third-order valence-corrected chi connectivity index (χ3v) is 5.85. The van der Waals surface area contributed by atoms with E-state index < -0.39 is 0 Å². The van der Waals surface area contributed by atoms with Gasteiger partial charge in [-0.15, -0.1) is 0 Å². The summed E-state index contributed by atoms with van der Waals surface area (Å²) >= 11 is 0. The smallest absolute Gasteiger partial charge is 0.270 e. The summed E-state index contributed by atoms with van der Waals surface area (Å²) in [6.45, 7) is 4.02. The molecule has 2 aliphatic rings. The number of hydrogen-bond acceptors (Lipinski definition) is 3. The first-order valence-corrected chi connectivity index (χ1v) is 8.81. The van der Waals surface area contributed by atoms with E-state index in [0.29, 0.717) is 25.4 Å². The van der Waals surface area contributed by atoms with Gasteiger partial charge in [-0.2, -0.15) is 0 Å². The Morgan fingerprint density at radius 2 is 2.12 bits per heavy atom. The van der Waals surface area contributed by atoms with Gasteiger partial charge in [-0.05, 0) is 31.9 Å². The van der Waals surface area contributed by atoms with Gasteiger partial charge in [0.25, 0.3) is 5.91 Å². The lowest BCUT2D eigenvalue weighted by Crippen LogP contribution is -2.62. The third kappa shape index (κ3) is 2.34. The van der Waals surface area contributed by atoms with Gasteiger partial charge < -0.3 is 19.7 Å². The molecule has 1 aromatic heterocycles. The number of amides is 1. The number of aliphatic hydroxyl groups excluding tert-OH is 1. The number of aliphatic hydroxyl groups is 1. The lowest BCUT2D eigenvalue weighted by molar-refractivity contribution is -0.207. The molecule has 0 bridgehead atoms. The number of H-pyrrole nitrogens is 1. The molecule has 1 spiro atoms. The number of ether oxygens (including phenoxy) is 1. The summed E-state index contributed by atoms with van der Waals surface area (Å²) in [5.41, 5.74) is 1.48. The zero-order valence-electron chi connectivity index (χ0n) is 14.0. The molecule has 128 valence electrons. The Kier molecular flexibility index (Phi) is 3.85. The standard InChI is InChI=1S/C19H24N2O3/c1-2-24-17-12-16(22)19(17)7-9-21(10-8-19)18(23)15-11-13-5-3-4-6-14(13)20-15/h3-6,11,16-17,20,22H,2,7-10,12H2,1H3/t16-,17-/m1/s1. The quantitative estimate of drug-likeness (QED) is 0.910. The first-order valence-electron chi connectivity index (χ1n) is 8.81. The molecule has 1 aromatic carbocycles. The number of carbonyl (C=O) groups is 1. The minimum atomic E-state index is -0.292. The van der Waals surface area contributed by atoms with Crippen LogP contribution >= 0.6 is 0 Å². The van der Waals surface area contributed by atoms with Crippen molar-refractivity contribution in [2.45, 2.75) is 38.4 Å². The van der Waals surface area contributed by atoms with E-state index in [1.807, 2.05) is 42.2 Å². The van der Waals surface area contributed by atoms with Crippen LogP contribution in [0.1, 0.15) is 36.7 Å². The highest BCUT2D eigenvalue weighted by atomic mass is 16.5. The molecule has 5 heteroatoms. The van der Waals surface area contributed by atoms with E-state index >= 15 is 0 Å². The average molecular weight is 328 g/mol. The number of rotatable bonds is 3. The minimum Gasteiger partial charge on any atom is -0.392 e. The summed E-state index contributed by atoms with van der Waals surface area (Å²) in [6.07, 6.45) is 2.20. The van der Waals surface area contributed by atoms with Gasteiger partial charge >= 0.3 is 0 Å². The summed E-state index contributed by atoms with van der Waals surface area (Å²) in [5, 5.41) is 11.3. The van der Waals surface area contributed by atoms with E-state index in [1.54, 1.807) is 0 Å². The van der Waals surface area contributed by atoms with Crippen molar-refractivity contribution in [3.05, 3.63) is 36.0 Å². The second kappa shape index (κ2) is 5.90. The van der Waals surface area contributed by atoms with Gasteiger partial charge in [0.05, 0.1) is 12.2 Å². The van der Waals surface area contributed by atoms with E-state index in [9.17, 15) is 9.90 Å². The minimum absolute atomic E-state index is 0.0443. The van der Waals surface area contributed by atoms with Crippen LogP contribution in [-0.4, -0.2) is 52.8 Å². The first kappa shape index (κ1) is 15.7. The number of carbonyl (C=O) groups excluding carboxylic acids is 1. The molecule has 2 fully saturated rings. The highest BCUT2D eigenvalue weighted by molar-refractivity contribution is 5.98. The van der Waals surface area contributed by atoms with Crippen molar-refractivity contribution in [2.24, 2.45) is 5.41 Å². The number of aromatic nitrogens is 1. The Morgan fingerprint density at radius 3 is 2.79 bits per heavy atom. The predicted molar refractivity (Wildman–Crippen MR) is 91.9 cm³/mol. The van der Waals surface area contributed by atoms with E-state index in [-0.39, 0.29) is 23.5 Å². The number of nitrogens with zero attached hydrogens (tertiary/aromatic N) is 1. The van der Waals surface area contributed by atoms with Crippen molar-refractivity contribution in [1.29, 1.82) is 0 Å². The number of piperidine rings is 1. The van der Waals surface area contributed by atoms with E-state index in [1.165, 1.54) is 0 Å². The summed E-state index contributed by atoms with van der Waals surface area (Å²) in [6, 6.07) is 9.84. The zero-order valence-corrected chi connectivity index (χ0v) is 14.0. The van der Waals surface area contributed by atoms with Crippen molar-refractivity contribution >= 4 is 16.8 Å². The van der Waals surface area contributed by atoms with E-state index in [4.69, 9.17) is 4.74 Å². The zero-order chi connectivity index (χ0) is 16.7. The van der Waals surface area contributed by atoms with Crippen LogP contribution in [0.3, 0.4) is 0 Å². The summed E-state index contributed by atoms with van der Waals surface area (Å²) in [4.78, 5) is 17.9. The summed E-state index contributed by atoms with van der Waals surface area (Å²) in [5.74, 6) is 0.0443. The van der Waals surface area contributed by atoms with Gasteiger partial charge in [0.2, 0.25) is 0 Å². The maximum atomic E-state index is 12.8. The number of fused-ring (bicyclic) bond motifs is 1. The van der Waals surface area contributed by atoms with Crippen LogP contribution < -0.4 is 0 Å². The lowest BCUT2D eigenvalue weighted by Gasteiger charge is -2.56. The molecule has 5 nitrogen and oxygen atoms in total. The van der Waals surface area contributed by atoms with Gasteiger partial charge in [-0.25, -0.2) is 0 Å². The number of para-hydroxylation sites is 1. The molecule has 1 amide bonds. The molecule has 2 heterocycles. The van der Waals surface area contributed by atoms with Crippen LogP contribution in [0.15, 0.2) is 30.3 Å². The molecule has 4 rings (SSSR count). The maximum absolute atomic E-state index is 12.8. The second-order valence-electron chi connectivity index (χ2n) is 6.99. The molecule has 2 aromatic rings. The molecular formula is C19H24N2O3. The van der Waals surface area contributed by atoms with Crippen LogP contribution in [0.5, 0.6) is 0 Å². The predicted octanol–water partition coefficient (Wildman–Crippen LogP) is 2.56. The number of likely N-dealkylation sites (tertiary alicyclic amines) is 1. The molecule has 1 saturated heterocycles. The molecule has 2 N–H and O–H groups in total. The largest absolute Gasteiger partial charge is 0.392 e. The maximum Gasteiger partial charge on any atom is 0.270 e. The van der Waals surface area contributed by atoms with Gasteiger partial charge in [0.15, 0.2) is 0 Å². The van der Waals surface area contributed by atoms with E-state index in [0.717, 1.165) is 30.2 Å². The fourth-order valence-corrected chi connectivity index (χ4v) is 4.30. The van der Waals surface area contributed by atoms with E-state index in [2.05, 4.69) is 4.98 Å². The number of benzene rings is 1. The molecule has 0 radical (unpaired) electrons. The Labute approximate surface area is 141 Å². The van der Waals surface area contributed by atoms with Gasteiger partial charge in [-0.3, -0.25) is 4.79 Å². The summed E-state index contributed by atoms with van der Waals surface area (Å²) < 4.78 is 5.79. The second-order valence-corrected chi connectivity index (χ2v) is 6.99. The molecule has 1 aliphatic carbocycles. The fourth-order valence-electron chi connectivity index (χ4n) is 4.30. The van der Waals surface area contributed by atoms with Crippen molar-refractivity contribution < 1.29 is 14.6 Å². The monoisotopic (exact) mass is 328 g/mol. The highest BCUT2D eigenvalue weighted by Gasteiger charge is 2.56. The van der Waals surface area contributed by atoms with Crippen molar-refractivity contribution in [1.82, 2.24) is 9.88 Å². The van der Waals surface area contributed by atoms with Crippen molar-refractivity contribution in [3.63, 3.8) is 0 Å². The van der Waals surface area contributed by atoms with Crippen LogP contribution in [0.2, 0.25) is 0 Å². The number of nitrogens with one attached hydrogen (secondary N) is 1. The van der Waals surface area contributed by atoms with Crippen LogP contribution in [0, 0.1) is 5.41 Å². The SMILES string of the molecule is CCO[C@@H]1C[C@@H](O)C12CCN(C(=O)c1cc3ccccc3[nH]1)CC2. The van der Waals surface area contributed by atoms with Crippen LogP contribution in [0.25, 0.3) is 10.9 Å². The van der Waals surface area contributed by atoms with Crippen molar-refractivity contribution in [2.75, 3.05) is 19.7 Å². The Morgan fingerprint density at radius 1 is 1.38 bits per heavy atom. The molecule has 1 aliphatic heterocycles. The first-order chi connectivity index (χ1) is 11.6. The van der Waals surface area contributed by atoms with Crippen molar-refractivity contribution in [3.8, 4) is 0 Å². The molecular weight excluding hydrogens is 304 g/mol. The average Bonchev–Trinajstić information content (AvgIpc) is 3.05. The third-order valence-electron chi connectivity index (χ3n) is 5.85. The molecule has 1 saturated carbocycles. The van der Waals surface area contributed by atoms with Gasteiger partial charge in [0.1, 0.15) is 5.69 Å². The molecule has 0 unspecified atom stereocenters. The number of aromatic amines is 1. The summed E-state index contributed by atoms with van der Waals surface area (Å²) in [7, 11) is 0. The van der Waals surface area contributed by atoms with Crippen LogP contribution in [-0.2, 0) is 4.74 Å².